The van der Waals surface area contributed by atoms with Crippen molar-refractivity contribution in [2.24, 2.45) is 5.92 Å². The Morgan fingerprint density at radius 2 is 1.89 bits per heavy atom. The number of benzene rings is 1. The van der Waals surface area contributed by atoms with E-state index in [9.17, 15) is 9.59 Å². The molecule has 2 fully saturated rings. The predicted octanol–water partition coefficient (Wildman–Crippen LogP) is 2.64. The smallest absolute Gasteiger partial charge is 0.259 e. The fourth-order valence-electron chi connectivity index (χ4n) is 4.43. The lowest BCUT2D eigenvalue weighted by atomic mass is 9.89. The molecule has 2 heterocycles. The minimum absolute atomic E-state index is 0.00769. The summed E-state index contributed by atoms with van der Waals surface area (Å²) in [7, 11) is 3.42. The molecular weight excluding hydrogens is 354 g/mol. The number of hydrogen-bond acceptors (Lipinski definition) is 4. The van der Waals surface area contributed by atoms with Crippen molar-refractivity contribution in [3.63, 3.8) is 0 Å². The number of fused-ring (bicyclic) bond motifs is 2. The maximum Gasteiger partial charge on any atom is 0.259 e. The highest BCUT2D eigenvalue weighted by Crippen LogP contribution is 2.33. The number of likely N-dealkylation sites (N-methyl/N-ethyl adjacent to an activating group) is 1. The summed E-state index contributed by atoms with van der Waals surface area (Å²) in [6.07, 6.45) is 6.06. The molecule has 0 saturated carbocycles. The number of para-hydroxylation sites is 1. The highest BCUT2D eigenvalue weighted by Gasteiger charge is 2.34. The van der Waals surface area contributed by atoms with E-state index in [2.05, 4.69) is 17.6 Å². The van der Waals surface area contributed by atoms with Crippen LogP contribution in [0, 0.1) is 5.92 Å². The summed E-state index contributed by atoms with van der Waals surface area (Å²) in [5.41, 5.74) is 0.926. The van der Waals surface area contributed by atoms with Crippen molar-refractivity contribution < 1.29 is 14.3 Å². The Bertz CT molecular complexity index is 679. The van der Waals surface area contributed by atoms with Crippen molar-refractivity contribution in [1.82, 2.24) is 15.5 Å². The van der Waals surface area contributed by atoms with Gasteiger partial charge in [0.2, 0.25) is 5.91 Å². The van der Waals surface area contributed by atoms with E-state index in [-0.39, 0.29) is 24.5 Å². The number of carbonyl (C=O) groups is 2. The molecular formula is C22H33N3O3. The van der Waals surface area contributed by atoms with Crippen LogP contribution in [0.25, 0.3) is 0 Å². The molecule has 2 saturated heterocycles. The standard InChI is InChI=1S/C22H33N3O3/c1-4-19(18-7-5-6-8-20(18)28-14-22(27)25(2)3)24-21(26)13-15-11-16-9-10-17(12-15)23-16/h5-8,15-17,19,23H,4,9-14H2,1-3H3,(H,24,26). The van der Waals surface area contributed by atoms with Gasteiger partial charge in [0.15, 0.2) is 6.61 Å². The summed E-state index contributed by atoms with van der Waals surface area (Å²) < 4.78 is 5.76. The SMILES string of the molecule is CCC(NC(=O)CC1CC2CCC(C1)N2)c1ccccc1OCC(=O)N(C)C. The van der Waals surface area contributed by atoms with Crippen molar-refractivity contribution in [1.29, 1.82) is 0 Å². The second-order valence-corrected chi connectivity index (χ2v) is 8.32. The Balaban J connectivity index is 1.59. The van der Waals surface area contributed by atoms with Crippen LogP contribution < -0.4 is 15.4 Å². The van der Waals surface area contributed by atoms with Gasteiger partial charge in [0.25, 0.3) is 5.91 Å². The lowest BCUT2D eigenvalue weighted by Crippen LogP contribution is -2.40. The van der Waals surface area contributed by atoms with Crippen LogP contribution in [-0.2, 0) is 9.59 Å². The number of rotatable bonds is 8. The Morgan fingerprint density at radius 1 is 1.21 bits per heavy atom. The molecule has 3 unspecified atom stereocenters. The summed E-state index contributed by atoms with van der Waals surface area (Å²) in [5, 5.41) is 6.83. The maximum absolute atomic E-state index is 12.7. The van der Waals surface area contributed by atoms with Crippen molar-refractivity contribution in [3.05, 3.63) is 29.8 Å². The van der Waals surface area contributed by atoms with Gasteiger partial charge in [-0.2, -0.15) is 0 Å². The topological polar surface area (TPSA) is 70.7 Å². The van der Waals surface area contributed by atoms with Crippen LogP contribution in [0.5, 0.6) is 5.75 Å². The first kappa shape index (κ1) is 20.6. The third kappa shape index (κ3) is 5.25. The number of carbonyl (C=O) groups excluding carboxylic acids is 2. The van der Waals surface area contributed by atoms with Gasteiger partial charge in [0, 0.05) is 38.2 Å². The van der Waals surface area contributed by atoms with E-state index in [0.717, 1.165) is 24.8 Å². The zero-order valence-corrected chi connectivity index (χ0v) is 17.2. The fraction of sp³-hybridized carbons (Fsp3) is 0.636. The molecule has 0 spiro atoms. The van der Waals surface area contributed by atoms with Crippen LogP contribution >= 0.6 is 0 Å². The first-order valence-corrected chi connectivity index (χ1v) is 10.4. The van der Waals surface area contributed by atoms with Gasteiger partial charge in [0.05, 0.1) is 6.04 Å². The van der Waals surface area contributed by atoms with E-state index in [1.54, 1.807) is 14.1 Å². The normalized spacial score (nSPS) is 24.5. The molecule has 2 bridgehead atoms. The van der Waals surface area contributed by atoms with Gasteiger partial charge in [-0.3, -0.25) is 9.59 Å². The molecule has 6 nitrogen and oxygen atoms in total. The highest BCUT2D eigenvalue weighted by molar-refractivity contribution is 5.77. The van der Waals surface area contributed by atoms with Crippen molar-refractivity contribution in [3.8, 4) is 5.75 Å². The van der Waals surface area contributed by atoms with Gasteiger partial charge in [-0.05, 0) is 44.1 Å². The number of hydrogen-bond donors (Lipinski definition) is 2. The van der Waals surface area contributed by atoms with Crippen molar-refractivity contribution in [2.45, 2.75) is 63.6 Å². The first-order valence-electron chi connectivity index (χ1n) is 10.4. The molecule has 6 heteroatoms. The van der Waals surface area contributed by atoms with E-state index in [0.29, 0.717) is 30.2 Å². The summed E-state index contributed by atoms with van der Waals surface area (Å²) in [4.78, 5) is 26.1. The summed E-state index contributed by atoms with van der Waals surface area (Å²) in [6.45, 7) is 2.05. The van der Waals surface area contributed by atoms with Gasteiger partial charge >= 0.3 is 0 Å². The quantitative estimate of drug-likeness (QED) is 0.719. The number of nitrogens with one attached hydrogen (secondary N) is 2. The van der Waals surface area contributed by atoms with Crippen LogP contribution in [0.15, 0.2) is 24.3 Å². The lowest BCUT2D eigenvalue weighted by molar-refractivity contribution is -0.130. The number of ether oxygens (including phenoxy) is 1. The number of amides is 2. The summed E-state index contributed by atoms with van der Waals surface area (Å²) >= 11 is 0. The molecule has 0 radical (unpaired) electrons. The molecule has 28 heavy (non-hydrogen) atoms. The molecule has 0 aromatic heterocycles. The second kappa shape index (κ2) is 9.41. The van der Waals surface area contributed by atoms with Gasteiger partial charge in [-0.15, -0.1) is 0 Å². The molecule has 2 aliphatic heterocycles. The second-order valence-electron chi connectivity index (χ2n) is 8.32. The Kier molecular flexibility index (Phi) is 6.94. The molecule has 3 rings (SSSR count). The lowest BCUT2D eigenvalue weighted by Gasteiger charge is -2.29. The van der Waals surface area contributed by atoms with Crippen LogP contribution in [-0.4, -0.2) is 49.5 Å². The highest BCUT2D eigenvalue weighted by atomic mass is 16.5. The minimum atomic E-state index is -0.114. The molecule has 154 valence electrons. The van der Waals surface area contributed by atoms with E-state index in [1.807, 2.05) is 24.3 Å². The number of nitrogens with zero attached hydrogens (tertiary/aromatic N) is 1. The zero-order valence-electron chi connectivity index (χ0n) is 17.2. The van der Waals surface area contributed by atoms with E-state index < -0.39 is 0 Å². The molecule has 2 aliphatic rings. The summed E-state index contributed by atoms with van der Waals surface area (Å²) in [6, 6.07) is 8.74. The first-order chi connectivity index (χ1) is 13.5. The fourth-order valence-corrected chi connectivity index (χ4v) is 4.43. The van der Waals surface area contributed by atoms with Crippen LogP contribution in [0.3, 0.4) is 0 Å². The zero-order chi connectivity index (χ0) is 20.1. The Morgan fingerprint density at radius 3 is 2.54 bits per heavy atom. The monoisotopic (exact) mass is 387 g/mol. The third-order valence-corrected chi connectivity index (χ3v) is 5.93. The van der Waals surface area contributed by atoms with E-state index in [4.69, 9.17) is 4.74 Å². The summed E-state index contributed by atoms with van der Waals surface area (Å²) in [5.74, 6) is 1.15. The molecule has 1 aromatic rings. The van der Waals surface area contributed by atoms with E-state index >= 15 is 0 Å². The molecule has 0 aliphatic carbocycles. The van der Waals surface area contributed by atoms with E-state index in [1.165, 1.54) is 17.7 Å². The van der Waals surface area contributed by atoms with Crippen LogP contribution in [0.2, 0.25) is 0 Å². The predicted molar refractivity (Wildman–Crippen MR) is 109 cm³/mol. The van der Waals surface area contributed by atoms with Gasteiger partial charge < -0.3 is 20.3 Å². The van der Waals surface area contributed by atoms with Crippen molar-refractivity contribution >= 4 is 11.8 Å². The Labute approximate surface area is 168 Å². The average Bonchev–Trinajstić information content (AvgIpc) is 3.02. The third-order valence-electron chi connectivity index (χ3n) is 5.93. The largest absolute Gasteiger partial charge is 0.483 e. The molecule has 1 aromatic carbocycles. The average molecular weight is 388 g/mol. The van der Waals surface area contributed by atoms with Gasteiger partial charge in [-0.25, -0.2) is 0 Å². The molecule has 3 atom stereocenters. The number of piperidine rings is 1. The van der Waals surface area contributed by atoms with Gasteiger partial charge in [0.1, 0.15) is 5.75 Å². The molecule has 2 N–H and O–H groups in total. The molecule has 2 amide bonds. The van der Waals surface area contributed by atoms with Crippen LogP contribution in [0.4, 0.5) is 0 Å². The van der Waals surface area contributed by atoms with Gasteiger partial charge in [-0.1, -0.05) is 25.1 Å². The minimum Gasteiger partial charge on any atom is -0.483 e. The van der Waals surface area contributed by atoms with Crippen LogP contribution in [0.1, 0.15) is 57.1 Å². The maximum atomic E-state index is 12.7. The Hall–Kier alpha value is -2.08. The van der Waals surface area contributed by atoms with Crippen molar-refractivity contribution in [2.75, 3.05) is 20.7 Å².